The fourth-order valence-corrected chi connectivity index (χ4v) is 3.23. The molecule has 0 aromatic carbocycles. The molecule has 1 aliphatic heterocycles. The topological polar surface area (TPSA) is 97.2 Å². The van der Waals surface area contributed by atoms with Crippen molar-refractivity contribution in [1.29, 1.82) is 5.26 Å². The Morgan fingerprint density at radius 3 is 2.72 bits per heavy atom. The molecule has 9 heteroatoms. The van der Waals surface area contributed by atoms with Gasteiger partial charge in [-0.05, 0) is 53.3 Å². The predicted octanol–water partition coefficient (Wildman–Crippen LogP) is 2.19. The van der Waals surface area contributed by atoms with Crippen molar-refractivity contribution in [3.8, 4) is 6.07 Å². The van der Waals surface area contributed by atoms with Crippen LogP contribution in [0.2, 0.25) is 5.02 Å². The molecule has 8 nitrogen and oxygen atoms in total. The fourth-order valence-electron chi connectivity index (χ4n) is 3.02. The maximum absolute atomic E-state index is 12.6. The normalized spacial score (nSPS) is 20.0. The molecule has 0 unspecified atom stereocenters. The number of nitrogens with zero attached hydrogens (tertiary/aromatic N) is 5. The lowest BCUT2D eigenvalue weighted by atomic mass is 10.00. The number of amides is 1. The first-order valence-corrected chi connectivity index (χ1v) is 10.2. The molecule has 1 saturated heterocycles. The average Bonchev–Trinajstić information content (AvgIpc) is 3.36. The number of carbonyl (C=O) groups is 1. The number of aromatic nitrogens is 2. The molecular weight excluding hydrogens is 390 g/mol. The first kappa shape index (κ1) is 21.3. The Labute approximate surface area is 176 Å². The number of halogens is 1. The van der Waals surface area contributed by atoms with Crippen molar-refractivity contribution in [3.05, 3.63) is 22.9 Å². The van der Waals surface area contributed by atoms with Gasteiger partial charge in [-0.1, -0.05) is 11.6 Å². The van der Waals surface area contributed by atoms with Crippen LogP contribution in [0.25, 0.3) is 0 Å². The Kier molecular flexibility index (Phi) is 6.30. The average molecular weight is 418 g/mol. The molecule has 1 aromatic rings. The van der Waals surface area contributed by atoms with Crippen LogP contribution >= 0.6 is 11.6 Å². The number of anilines is 2. The van der Waals surface area contributed by atoms with Gasteiger partial charge in [0.1, 0.15) is 16.7 Å². The standard InChI is InChI=1S/C20H28ClN7O/c1-20(2,27(3)4)9-13(10-22)18(29)24-15-7-8-28(12-15)17-16(21)11-23-19(26-17)25-14-5-6-14/h9,11,14-15H,5-8,12H2,1-4H3,(H,24,29)(H,23,25,26)/b13-9+/t15-/m1/s1. The van der Waals surface area contributed by atoms with Crippen molar-refractivity contribution in [3.63, 3.8) is 0 Å². The van der Waals surface area contributed by atoms with Crippen molar-refractivity contribution >= 4 is 29.3 Å². The van der Waals surface area contributed by atoms with E-state index in [9.17, 15) is 10.1 Å². The fraction of sp³-hybridized carbons (Fsp3) is 0.600. The minimum Gasteiger partial charge on any atom is -0.353 e. The minimum absolute atomic E-state index is 0.0763. The molecule has 29 heavy (non-hydrogen) atoms. The van der Waals surface area contributed by atoms with Gasteiger partial charge in [-0.25, -0.2) is 4.98 Å². The van der Waals surface area contributed by atoms with E-state index in [4.69, 9.17) is 11.6 Å². The van der Waals surface area contributed by atoms with Crippen LogP contribution in [0.5, 0.6) is 0 Å². The monoisotopic (exact) mass is 417 g/mol. The van der Waals surface area contributed by atoms with Crippen LogP contribution in [0.15, 0.2) is 17.8 Å². The zero-order chi connectivity index (χ0) is 21.2. The van der Waals surface area contributed by atoms with Crippen LogP contribution < -0.4 is 15.5 Å². The van der Waals surface area contributed by atoms with E-state index >= 15 is 0 Å². The summed E-state index contributed by atoms with van der Waals surface area (Å²) in [5.74, 6) is 0.908. The smallest absolute Gasteiger partial charge is 0.261 e. The van der Waals surface area contributed by atoms with E-state index in [-0.39, 0.29) is 17.5 Å². The van der Waals surface area contributed by atoms with Crippen LogP contribution in [0, 0.1) is 11.3 Å². The molecule has 1 aromatic heterocycles. The zero-order valence-corrected chi connectivity index (χ0v) is 18.1. The van der Waals surface area contributed by atoms with Crippen molar-refractivity contribution in [2.75, 3.05) is 37.4 Å². The third-order valence-electron chi connectivity index (χ3n) is 5.47. The summed E-state index contributed by atoms with van der Waals surface area (Å²) in [5, 5.41) is 16.2. The maximum Gasteiger partial charge on any atom is 0.261 e. The molecule has 156 valence electrons. The molecule has 1 aliphatic carbocycles. The summed E-state index contributed by atoms with van der Waals surface area (Å²) in [6.07, 6.45) is 6.34. The second kappa shape index (κ2) is 8.56. The SMILES string of the molecule is CN(C)C(C)(C)/C=C(\C#N)C(=O)N[C@@H]1CCN(c2nc(NC3CC3)ncc2Cl)C1. The van der Waals surface area contributed by atoms with Crippen LogP contribution in [-0.2, 0) is 4.79 Å². The van der Waals surface area contributed by atoms with Crippen molar-refractivity contribution < 1.29 is 4.79 Å². The van der Waals surface area contributed by atoms with E-state index < -0.39 is 5.54 Å². The van der Waals surface area contributed by atoms with Gasteiger partial charge in [0, 0.05) is 30.7 Å². The zero-order valence-electron chi connectivity index (χ0n) is 17.4. The predicted molar refractivity (Wildman–Crippen MR) is 114 cm³/mol. The Hall–Kier alpha value is -2.37. The molecule has 0 bridgehead atoms. The molecule has 2 N–H and O–H groups in total. The first-order valence-electron chi connectivity index (χ1n) is 9.85. The first-order chi connectivity index (χ1) is 13.7. The van der Waals surface area contributed by atoms with Gasteiger partial charge in [-0.15, -0.1) is 0 Å². The number of nitrogens with one attached hydrogen (secondary N) is 2. The largest absolute Gasteiger partial charge is 0.353 e. The highest BCUT2D eigenvalue weighted by Crippen LogP contribution is 2.29. The van der Waals surface area contributed by atoms with E-state index in [0.717, 1.165) is 25.8 Å². The van der Waals surface area contributed by atoms with Gasteiger partial charge < -0.3 is 20.4 Å². The lowest BCUT2D eigenvalue weighted by Gasteiger charge is -2.29. The summed E-state index contributed by atoms with van der Waals surface area (Å²) in [6.45, 7) is 5.22. The van der Waals surface area contributed by atoms with Crippen LogP contribution in [-0.4, -0.2) is 65.6 Å². The molecule has 0 spiro atoms. The van der Waals surface area contributed by atoms with Gasteiger partial charge in [0.2, 0.25) is 5.95 Å². The lowest BCUT2D eigenvalue weighted by Crippen LogP contribution is -2.40. The number of likely N-dealkylation sites (N-methyl/N-ethyl adjacent to an activating group) is 1. The Bertz CT molecular complexity index is 842. The molecule has 1 atom stereocenters. The van der Waals surface area contributed by atoms with Crippen molar-refractivity contribution in [2.24, 2.45) is 0 Å². The molecule has 2 aliphatic rings. The summed E-state index contributed by atoms with van der Waals surface area (Å²) in [6, 6.07) is 2.41. The Morgan fingerprint density at radius 1 is 1.38 bits per heavy atom. The van der Waals surface area contributed by atoms with Gasteiger partial charge in [-0.2, -0.15) is 10.2 Å². The Morgan fingerprint density at radius 2 is 2.10 bits per heavy atom. The summed E-state index contributed by atoms with van der Waals surface area (Å²) < 4.78 is 0. The quantitative estimate of drug-likeness (QED) is 0.518. The Balaban J connectivity index is 1.64. The van der Waals surface area contributed by atoms with Crippen LogP contribution in [0.1, 0.15) is 33.1 Å². The minimum atomic E-state index is -0.399. The second-order valence-electron chi connectivity index (χ2n) is 8.41. The summed E-state index contributed by atoms with van der Waals surface area (Å²) in [5.41, 5.74) is -0.276. The van der Waals surface area contributed by atoms with Crippen molar-refractivity contribution in [2.45, 2.75) is 50.7 Å². The highest BCUT2D eigenvalue weighted by atomic mass is 35.5. The van der Waals surface area contributed by atoms with E-state index in [1.54, 1.807) is 12.3 Å². The van der Waals surface area contributed by atoms with Gasteiger partial charge in [-0.3, -0.25) is 4.79 Å². The van der Waals surface area contributed by atoms with Crippen LogP contribution in [0.3, 0.4) is 0 Å². The molecule has 3 rings (SSSR count). The second-order valence-corrected chi connectivity index (χ2v) is 8.81. The molecular formula is C20H28ClN7O. The van der Waals surface area contributed by atoms with E-state index in [1.165, 1.54) is 0 Å². The van der Waals surface area contributed by atoms with E-state index in [0.29, 0.717) is 29.4 Å². The molecule has 1 saturated carbocycles. The van der Waals surface area contributed by atoms with E-state index in [1.807, 2.05) is 43.8 Å². The number of hydrogen-bond acceptors (Lipinski definition) is 7. The highest BCUT2D eigenvalue weighted by Gasteiger charge is 2.29. The summed E-state index contributed by atoms with van der Waals surface area (Å²) in [7, 11) is 3.83. The molecule has 2 fully saturated rings. The van der Waals surface area contributed by atoms with Gasteiger partial charge in [0.05, 0.1) is 6.20 Å². The van der Waals surface area contributed by atoms with E-state index in [2.05, 4.69) is 20.6 Å². The number of rotatable bonds is 7. The molecule has 2 heterocycles. The van der Waals surface area contributed by atoms with Gasteiger partial charge in [0.25, 0.3) is 5.91 Å². The van der Waals surface area contributed by atoms with Crippen LogP contribution in [0.4, 0.5) is 11.8 Å². The van der Waals surface area contributed by atoms with Gasteiger partial charge >= 0.3 is 0 Å². The molecule has 1 amide bonds. The number of hydrogen-bond donors (Lipinski definition) is 2. The van der Waals surface area contributed by atoms with Gasteiger partial charge in [0.15, 0.2) is 5.82 Å². The summed E-state index contributed by atoms with van der Waals surface area (Å²) >= 11 is 6.32. The maximum atomic E-state index is 12.6. The number of carbonyl (C=O) groups excluding carboxylic acids is 1. The summed E-state index contributed by atoms with van der Waals surface area (Å²) in [4.78, 5) is 25.4. The molecule has 0 radical (unpaired) electrons. The third kappa shape index (κ3) is 5.37. The number of nitriles is 1. The third-order valence-corrected chi connectivity index (χ3v) is 5.74. The lowest BCUT2D eigenvalue weighted by molar-refractivity contribution is -0.117. The highest BCUT2D eigenvalue weighted by molar-refractivity contribution is 6.32. The van der Waals surface area contributed by atoms with Crippen molar-refractivity contribution in [1.82, 2.24) is 20.2 Å².